The Morgan fingerprint density at radius 3 is 1.23 bits per heavy atom. The molecule has 0 aromatic heterocycles. The molecule has 2 aliphatic heterocycles. The maximum atomic E-state index is 13.3. The zero-order chi connectivity index (χ0) is 45.4. The van der Waals surface area contributed by atoms with Gasteiger partial charge in [-0.25, -0.2) is 9.59 Å². The van der Waals surface area contributed by atoms with Crippen molar-refractivity contribution in [1.82, 2.24) is 10.6 Å². The molecule has 0 saturated carbocycles. The number of amides is 2. The van der Waals surface area contributed by atoms with Crippen LogP contribution in [0.2, 0.25) is 0 Å². The van der Waals surface area contributed by atoms with Crippen LogP contribution in [-0.4, -0.2) is 146 Å². The lowest BCUT2D eigenvalue weighted by Gasteiger charge is -2.43. The molecule has 0 radical (unpaired) electrons. The molecule has 2 fully saturated rings. The highest BCUT2D eigenvalue weighted by Crippen LogP contribution is 2.34. The number of hydrogen-bond donors (Lipinski definition) is 2. The van der Waals surface area contributed by atoms with Gasteiger partial charge in [-0.15, -0.1) is 0 Å². The van der Waals surface area contributed by atoms with Gasteiger partial charge in [-0.2, -0.15) is 0 Å². The average Bonchev–Trinajstić information content (AvgIpc) is 3.11. The third kappa shape index (κ3) is 17.1. The molecule has 2 aliphatic rings. The first-order valence-electron chi connectivity index (χ1n) is 18.5. The Kier molecular flexibility index (Phi) is 21.1. The van der Waals surface area contributed by atoms with Crippen molar-refractivity contribution in [3.63, 3.8) is 0 Å². The highest BCUT2D eigenvalue weighted by molar-refractivity contribution is 8.76. The topological polar surface area (TPSA) is 287 Å². The highest BCUT2D eigenvalue weighted by atomic mass is 33.1. The van der Waals surface area contributed by atoms with Gasteiger partial charge in [0.1, 0.15) is 43.6 Å². The van der Waals surface area contributed by atoms with E-state index in [1.54, 1.807) is 13.8 Å². The monoisotopic (exact) mass is 896 g/mol. The van der Waals surface area contributed by atoms with E-state index in [4.69, 9.17) is 47.4 Å². The fourth-order valence-electron chi connectivity index (χ4n) is 5.90. The third-order valence-electron chi connectivity index (χ3n) is 8.47. The Labute approximate surface area is 353 Å². The molecule has 0 aromatic rings. The van der Waals surface area contributed by atoms with Gasteiger partial charge in [0.25, 0.3) is 0 Å². The van der Waals surface area contributed by atoms with Crippen LogP contribution in [0.1, 0.15) is 69.2 Å². The Hall–Kier alpha value is -4.68. The average molecular weight is 897 g/mol. The number of carbonyl (C=O) groups excluding carboxylic acids is 10. The lowest BCUT2D eigenvalue weighted by molar-refractivity contribution is -0.300. The van der Waals surface area contributed by atoms with Gasteiger partial charge in [-0.05, 0) is 0 Å². The minimum Gasteiger partial charge on any atom is -0.461 e. The van der Waals surface area contributed by atoms with Gasteiger partial charge in [-0.3, -0.25) is 38.4 Å². The molecule has 0 aliphatic carbocycles. The summed E-state index contributed by atoms with van der Waals surface area (Å²) < 4.78 is 54.3. The van der Waals surface area contributed by atoms with E-state index in [0.29, 0.717) is 0 Å². The van der Waals surface area contributed by atoms with Crippen LogP contribution in [0.15, 0.2) is 0 Å². The second kappa shape index (κ2) is 24.5. The van der Waals surface area contributed by atoms with Crippen LogP contribution in [0.5, 0.6) is 0 Å². The Morgan fingerprint density at radius 2 is 0.817 bits per heavy atom. The lowest BCUT2D eigenvalue weighted by Crippen LogP contribution is -2.63. The van der Waals surface area contributed by atoms with E-state index in [0.717, 1.165) is 56.2 Å². The summed E-state index contributed by atoms with van der Waals surface area (Å²) in [5.74, 6) is -8.90. The van der Waals surface area contributed by atoms with E-state index in [9.17, 15) is 47.9 Å². The van der Waals surface area contributed by atoms with Crippen LogP contribution >= 0.6 is 21.6 Å². The molecule has 22 nitrogen and oxygen atoms in total. The minimum atomic E-state index is -1.71. The Balaban J connectivity index is 2.16. The molecule has 2 heterocycles. The standard InChI is InChI=1S/C36H52N2O20S2/c1-15-16(2)35(55-23(9)45)57-27(29(15)51-19(5)41)11-49-33(47)25(37-17(3)39)13-59-60-14-26(38-18(4)40)34(48)50-12-28-30(52-20(6)42)31(53-21(7)43)32(54-22(8)44)36(58-28)56-24(10)46/h15-16,25-32,35-36H,11-14H2,1-10H3,(H,37,39)(H,38,40). The first-order chi connectivity index (χ1) is 28.0. The van der Waals surface area contributed by atoms with Crippen molar-refractivity contribution >= 4 is 81.2 Å². The molecule has 2 amide bonds. The summed E-state index contributed by atoms with van der Waals surface area (Å²) >= 11 is 0. The molecule has 2 saturated heterocycles. The number of carbonyl (C=O) groups is 10. The molecule has 60 heavy (non-hydrogen) atoms. The van der Waals surface area contributed by atoms with Gasteiger partial charge in [0.05, 0.1) is 0 Å². The molecule has 2 rings (SSSR count). The van der Waals surface area contributed by atoms with Gasteiger partial charge >= 0.3 is 47.8 Å². The summed E-state index contributed by atoms with van der Waals surface area (Å²) in [4.78, 5) is 122. The quantitative estimate of drug-likeness (QED) is 0.0749. The number of hydrogen-bond acceptors (Lipinski definition) is 22. The second-order valence-electron chi connectivity index (χ2n) is 13.7. The van der Waals surface area contributed by atoms with Crippen LogP contribution in [0.25, 0.3) is 0 Å². The Bertz CT molecular complexity index is 1600. The zero-order valence-electron chi connectivity index (χ0n) is 34.7. The summed E-state index contributed by atoms with van der Waals surface area (Å²) in [6, 6.07) is -2.55. The number of nitrogens with one attached hydrogen (secondary N) is 2. The molecule has 2 N–H and O–H groups in total. The number of esters is 8. The first-order valence-corrected chi connectivity index (χ1v) is 20.9. The smallest absolute Gasteiger partial charge is 0.329 e. The molecular weight excluding hydrogens is 845 g/mol. The van der Waals surface area contributed by atoms with Crippen molar-refractivity contribution in [2.24, 2.45) is 11.8 Å². The highest BCUT2D eigenvalue weighted by Gasteiger charge is 2.54. The normalized spacial score (nSPS) is 27.0. The van der Waals surface area contributed by atoms with Crippen molar-refractivity contribution in [3.05, 3.63) is 0 Å². The molecule has 0 aromatic carbocycles. The van der Waals surface area contributed by atoms with Crippen LogP contribution < -0.4 is 10.6 Å². The maximum absolute atomic E-state index is 13.3. The van der Waals surface area contributed by atoms with Gasteiger partial charge < -0.3 is 58.0 Å². The third-order valence-corrected chi connectivity index (χ3v) is 10.9. The molecule has 12 atom stereocenters. The van der Waals surface area contributed by atoms with Crippen LogP contribution in [-0.2, 0) is 95.3 Å². The van der Waals surface area contributed by atoms with Gasteiger partial charge in [0.2, 0.25) is 30.5 Å². The van der Waals surface area contributed by atoms with Crippen molar-refractivity contribution in [1.29, 1.82) is 0 Å². The Morgan fingerprint density at radius 1 is 0.467 bits per heavy atom. The van der Waals surface area contributed by atoms with E-state index in [1.807, 2.05) is 0 Å². The summed E-state index contributed by atoms with van der Waals surface area (Å²) in [6.45, 7) is 11.2. The fraction of sp³-hybridized carbons (Fsp3) is 0.722. The largest absolute Gasteiger partial charge is 0.461 e. The second-order valence-corrected chi connectivity index (χ2v) is 16.2. The van der Waals surface area contributed by atoms with E-state index in [1.165, 1.54) is 20.8 Å². The van der Waals surface area contributed by atoms with E-state index in [2.05, 4.69) is 10.6 Å². The summed E-state index contributed by atoms with van der Waals surface area (Å²) in [7, 11) is 2.02. The van der Waals surface area contributed by atoms with Crippen molar-refractivity contribution in [3.8, 4) is 0 Å². The molecule has 338 valence electrons. The summed E-state index contributed by atoms with van der Waals surface area (Å²) in [5.41, 5.74) is 0. The fourth-order valence-corrected chi connectivity index (χ4v) is 8.20. The molecule has 12 unspecified atom stereocenters. The molecule has 0 spiro atoms. The van der Waals surface area contributed by atoms with Gasteiger partial charge in [0, 0.05) is 78.7 Å². The predicted molar refractivity (Wildman–Crippen MR) is 203 cm³/mol. The molecule has 24 heteroatoms. The van der Waals surface area contributed by atoms with Crippen molar-refractivity contribution in [2.75, 3.05) is 24.7 Å². The number of ether oxygens (including phenoxy) is 10. The van der Waals surface area contributed by atoms with E-state index in [-0.39, 0.29) is 23.3 Å². The van der Waals surface area contributed by atoms with Crippen LogP contribution in [0.3, 0.4) is 0 Å². The predicted octanol–water partition coefficient (Wildman–Crippen LogP) is 0.0386. The van der Waals surface area contributed by atoms with Crippen molar-refractivity contribution < 1.29 is 95.3 Å². The van der Waals surface area contributed by atoms with E-state index >= 15 is 0 Å². The lowest BCUT2D eigenvalue weighted by atomic mass is 9.84. The van der Waals surface area contributed by atoms with Crippen molar-refractivity contribution in [2.45, 2.75) is 131 Å². The SMILES string of the molecule is CC(=O)NC(CSSCC(NC(C)=O)C(=O)OCC1OC(OC(C)=O)C(OC(C)=O)C(OC(C)=O)C1OC(C)=O)C(=O)OCC1OC(OC(C)=O)C(C)C(C)C1OC(C)=O. The summed E-state index contributed by atoms with van der Waals surface area (Å²) in [6.07, 6.45) is -10.8. The first kappa shape index (κ1) is 51.5. The van der Waals surface area contributed by atoms with E-state index < -0.39 is 134 Å². The van der Waals surface area contributed by atoms with Crippen LogP contribution in [0.4, 0.5) is 0 Å². The number of rotatable bonds is 19. The van der Waals surface area contributed by atoms with Crippen LogP contribution in [0, 0.1) is 11.8 Å². The molecule has 0 bridgehead atoms. The summed E-state index contributed by atoms with van der Waals surface area (Å²) in [5, 5.41) is 4.91. The molecular formula is C36H52N2O20S2. The van der Waals surface area contributed by atoms with Gasteiger partial charge in [-0.1, -0.05) is 35.4 Å². The zero-order valence-corrected chi connectivity index (χ0v) is 36.4. The van der Waals surface area contributed by atoms with Gasteiger partial charge in [0.15, 0.2) is 12.2 Å². The minimum absolute atomic E-state index is 0.105. The maximum Gasteiger partial charge on any atom is 0.329 e.